The Bertz CT molecular complexity index is 247. The predicted octanol–water partition coefficient (Wildman–Crippen LogP) is 5.44. The molecule has 0 amide bonds. The van der Waals surface area contributed by atoms with E-state index in [9.17, 15) is 0 Å². The van der Waals surface area contributed by atoms with E-state index in [1.54, 1.807) is 11.1 Å². The molecule has 0 heterocycles. The minimum Gasteiger partial charge on any atom is -0.0705 e. The lowest BCUT2D eigenvalue weighted by Crippen LogP contribution is -2.20. The van der Waals surface area contributed by atoms with Crippen LogP contribution in [0, 0.1) is 23.7 Å². The molecule has 0 spiro atoms. The highest BCUT2D eigenvalue weighted by atomic mass is 14.3. The third kappa shape index (κ3) is 2.70. The Morgan fingerprint density at radius 3 is 2.25 bits per heavy atom. The second-order valence-electron chi connectivity index (χ2n) is 5.97. The van der Waals surface area contributed by atoms with Gasteiger partial charge in [-0.15, -0.1) is 0 Å². The molecule has 1 aliphatic carbocycles. The van der Waals surface area contributed by atoms with Crippen molar-refractivity contribution >= 4 is 0 Å². The van der Waals surface area contributed by atoms with Crippen molar-refractivity contribution in [2.75, 3.05) is 0 Å². The van der Waals surface area contributed by atoms with E-state index in [1.165, 1.54) is 25.7 Å². The minimum absolute atomic E-state index is 0.747. The second-order valence-corrected chi connectivity index (χ2v) is 5.97. The summed E-state index contributed by atoms with van der Waals surface area (Å²) in [5.74, 6) is 3.42. The van der Waals surface area contributed by atoms with Gasteiger partial charge in [-0.3, -0.25) is 0 Å². The predicted molar refractivity (Wildman–Crippen MR) is 73.5 cm³/mol. The van der Waals surface area contributed by atoms with E-state index in [0.717, 1.165) is 23.7 Å². The van der Waals surface area contributed by atoms with E-state index in [1.807, 2.05) is 0 Å². The molecular weight excluding hydrogens is 192 g/mol. The Hall–Kier alpha value is -0.260. The van der Waals surface area contributed by atoms with Gasteiger partial charge in [0.25, 0.3) is 0 Å². The fourth-order valence-electron chi connectivity index (χ4n) is 3.79. The molecule has 0 aromatic heterocycles. The summed E-state index contributed by atoms with van der Waals surface area (Å²) < 4.78 is 0. The van der Waals surface area contributed by atoms with Gasteiger partial charge >= 0.3 is 0 Å². The van der Waals surface area contributed by atoms with E-state index >= 15 is 0 Å². The molecule has 3 atom stereocenters. The highest BCUT2D eigenvalue weighted by Gasteiger charge is 2.30. The summed E-state index contributed by atoms with van der Waals surface area (Å²) in [5, 5.41) is 0. The first-order chi connectivity index (χ1) is 7.52. The summed E-state index contributed by atoms with van der Waals surface area (Å²) in [4.78, 5) is 0. The standard InChI is InChI=1S/C16H30/c1-7-14-12(5)9-10-16(11(3)4)13(6)15(14)8-2/h11-12,14-15H,7-10H2,1-6H3. The smallest absolute Gasteiger partial charge is 0.0175 e. The first kappa shape index (κ1) is 13.8. The van der Waals surface area contributed by atoms with Crippen molar-refractivity contribution in [3.05, 3.63) is 11.1 Å². The van der Waals surface area contributed by atoms with E-state index in [0.29, 0.717) is 0 Å². The molecule has 0 saturated carbocycles. The van der Waals surface area contributed by atoms with Gasteiger partial charge in [-0.2, -0.15) is 0 Å². The third-order valence-corrected chi connectivity index (χ3v) is 4.79. The molecule has 0 N–H and O–H groups in total. The van der Waals surface area contributed by atoms with E-state index in [2.05, 4.69) is 41.5 Å². The molecule has 1 rings (SSSR count). The molecule has 0 radical (unpaired) electrons. The highest BCUT2D eigenvalue weighted by Crippen LogP contribution is 2.41. The Morgan fingerprint density at radius 1 is 1.19 bits per heavy atom. The zero-order valence-corrected chi connectivity index (χ0v) is 12.1. The van der Waals surface area contributed by atoms with Gasteiger partial charge in [0.1, 0.15) is 0 Å². The molecule has 0 aromatic rings. The molecule has 3 unspecified atom stereocenters. The topological polar surface area (TPSA) is 0 Å². The van der Waals surface area contributed by atoms with Crippen molar-refractivity contribution in [2.24, 2.45) is 23.7 Å². The Kier molecular flexibility index (Phi) is 5.08. The normalized spacial score (nSPS) is 32.1. The Morgan fingerprint density at radius 2 is 1.81 bits per heavy atom. The van der Waals surface area contributed by atoms with Gasteiger partial charge in [0.05, 0.1) is 0 Å². The van der Waals surface area contributed by atoms with Gasteiger partial charge in [-0.25, -0.2) is 0 Å². The van der Waals surface area contributed by atoms with Crippen LogP contribution in [0.15, 0.2) is 11.1 Å². The summed E-state index contributed by atoms with van der Waals surface area (Å²) >= 11 is 0. The molecule has 0 bridgehead atoms. The van der Waals surface area contributed by atoms with Crippen LogP contribution in [0.1, 0.15) is 67.2 Å². The van der Waals surface area contributed by atoms with Crippen LogP contribution >= 0.6 is 0 Å². The van der Waals surface area contributed by atoms with Crippen molar-refractivity contribution in [1.29, 1.82) is 0 Å². The zero-order chi connectivity index (χ0) is 12.3. The lowest BCUT2D eigenvalue weighted by molar-refractivity contribution is 0.252. The van der Waals surface area contributed by atoms with Gasteiger partial charge in [-0.1, -0.05) is 52.2 Å². The maximum absolute atomic E-state index is 2.47. The second kappa shape index (κ2) is 5.89. The van der Waals surface area contributed by atoms with Crippen LogP contribution in [-0.2, 0) is 0 Å². The van der Waals surface area contributed by atoms with Crippen molar-refractivity contribution < 1.29 is 0 Å². The van der Waals surface area contributed by atoms with E-state index in [-0.39, 0.29) is 0 Å². The van der Waals surface area contributed by atoms with E-state index in [4.69, 9.17) is 0 Å². The van der Waals surface area contributed by atoms with Crippen LogP contribution < -0.4 is 0 Å². The molecule has 0 fully saturated rings. The molecule has 1 aliphatic rings. The average molecular weight is 222 g/mol. The molecular formula is C16H30. The Labute approximate surface area is 103 Å². The van der Waals surface area contributed by atoms with Crippen molar-refractivity contribution in [1.82, 2.24) is 0 Å². The average Bonchev–Trinajstić information content (AvgIpc) is 2.35. The highest BCUT2D eigenvalue weighted by molar-refractivity contribution is 5.20. The summed E-state index contributed by atoms with van der Waals surface area (Å²) in [7, 11) is 0. The maximum atomic E-state index is 2.47. The third-order valence-electron chi connectivity index (χ3n) is 4.79. The SMILES string of the molecule is CCC1C(C)=C(C(C)C)CCC(C)C1CC. The van der Waals surface area contributed by atoms with Crippen LogP contribution in [0.3, 0.4) is 0 Å². The lowest BCUT2D eigenvalue weighted by Gasteiger charge is -2.29. The minimum atomic E-state index is 0.747. The van der Waals surface area contributed by atoms with Crippen LogP contribution in [0.25, 0.3) is 0 Å². The van der Waals surface area contributed by atoms with Gasteiger partial charge in [-0.05, 0) is 49.9 Å². The lowest BCUT2D eigenvalue weighted by atomic mass is 9.76. The van der Waals surface area contributed by atoms with Crippen molar-refractivity contribution in [2.45, 2.75) is 67.2 Å². The van der Waals surface area contributed by atoms with Crippen molar-refractivity contribution in [3.63, 3.8) is 0 Å². The summed E-state index contributed by atoms with van der Waals surface area (Å²) in [5.41, 5.74) is 3.49. The van der Waals surface area contributed by atoms with E-state index < -0.39 is 0 Å². The summed E-state index contributed by atoms with van der Waals surface area (Å²) in [6.45, 7) is 14.3. The van der Waals surface area contributed by atoms with Gasteiger partial charge < -0.3 is 0 Å². The summed E-state index contributed by atoms with van der Waals surface area (Å²) in [6, 6.07) is 0. The number of allylic oxidation sites excluding steroid dienone is 2. The Balaban J connectivity index is 3.04. The fraction of sp³-hybridized carbons (Fsp3) is 0.875. The molecule has 0 aromatic carbocycles. The molecule has 0 aliphatic heterocycles. The first-order valence-electron chi connectivity index (χ1n) is 7.22. The number of hydrogen-bond donors (Lipinski definition) is 0. The molecule has 0 saturated heterocycles. The maximum Gasteiger partial charge on any atom is -0.0175 e. The van der Waals surface area contributed by atoms with Gasteiger partial charge in [0.15, 0.2) is 0 Å². The fourth-order valence-corrected chi connectivity index (χ4v) is 3.79. The molecule has 0 nitrogen and oxygen atoms in total. The molecule has 0 heteroatoms. The monoisotopic (exact) mass is 222 g/mol. The zero-order valence-electron chi connectivity index (χ0n) is 12.1. The van der Waals surface area contributed by atoms with Crippen LogP contribution in [0.2, 0.25) is 0 Å². The van der Waals surface area contributed by atoms with Crippen LogP contribution in [-0.4, -0.2) is 0 Å². The number of rotatable bonds is 3. The molecule has 94 valence electrons. The largest absolute Gasteiger partial charge is 0.0705 e. The number of hydrogen-bond acceptors (Lipinski definition) is 0. The molecule has 16 heavy (non-hydrogen) atoms. The van der Waals surface area contributed by atoms with Crippen LogP contribution in [0.4, 0.5) is 0 Å². The quantitative estimate of drug-likeness (QED) is 0.558. The van der Waals surface area contributed by atoms with Crippen molar-refractivity contribution in [3.8, 4) is 0 Å². The first-order valence-corrected chi connectivity index (χ1v) is 7.22. The van der Waals surface area contributed by atoms with Crippen LogP contribution in [0.5, 0.6) is 0 Å². The van der Waals surface area contributed by atoms with Gasteiger partial charge in [0, 0.05) is 0 Å². The van der Waals surface area contributed by atoms with Gasteiger partial charge in [0.2, 0.25) is 0 Å². The summed E-state index contributed by atoms with van der Waals surface area (Å²) in [6.07, 6.45) is 5.42.